The molecule has 2 heterocycles. The molecule has 0 spiro atoms. The zero-order valence-electron chi connectivity index (χ0n) is 14.0. The third-order valence-corrected chi connectivity index (χ3v) is 4.46. The first-order valence-electron chi connectivity index (χ1n) is 8.07. The average molecular weight is 331 g/mol. The molecule has 1 amide bonds. The summed E-state index contributed by atoms with van der Waals surface area (Å²) in [5, 5.41) is 1.07. The maximum Gasteiger partial charge on any atom is 0.269 e. The summed E-state index contributed by atoms with van der Waals surface area (Å²) in [7, 11) is 0. The van der Waals surface area contributed by atoms with Crippen LogP contribution in [0.2, 0.25) is 0 Å². The lowest BCUT2D eigenvalue weighted by atomic mass is 10.1. The van der Waals surface area contributed by atoms with E-state index in [2.05, 4.69) is 9.97 Å². The van der Waals surface area contributed by atoms with E-state index in [9.17, 15) is 4.79 Å². The molecule has 0 unspecified atom stereocenters. The Bertz CT molecular complexity index is 1130. The standard InChI is InChI=1S/C20H17N3O2/c1-11-6-5-7-13-12(2)17(25-19(11)13)10-16-18(20(21)24)23-15-9-4-3-8-14(15)22-16/h3-9H,10H2,1-2H3,(H2,21,24). The van der Waals surface area contributed by atoms with Crippen molar-refractivity contribution in [1.29, 1.82) is 0 Å². The van der Waals surface area contributed by atoms with Gasteiger partial charge in [-0.3, -0.25) is 4.79 Å². The van der Waals surface area contributed by atoms with E-state index in [4.69, 9.17) is 10.2 Å². The minimum absolute atomic E-state index is 0.190. The number of amides is 1. The molecule has 0 saturated carbocycles. The van der Waals surface area contributed by atoms with E-state index >= 15 is 0 Å². The normalized spacial score (nSPS) is 11.3. The van der Waals surface area contributed by atoms with Crippen molar-refractivity contribution in [2.75, 3.05) is 0 Å². The molecule has 2 aromatic heterocycles. The van der Waals surface area contributed by atoms with Crippen molar-refractivity contribution in [3.05, 3.63) is 70.7 Å². The Labute approximate surface area is 144 Å². The molecule has 5 heteroatoms. The van der Waals surface area contributed by atoms with E-state index < -0.39 is 5.91 Å². The summed E-state index contributed by atoms with van der Waals surface area (Å²) < 4.78 is 6.06. The van der Waals surface area contributed by atoms with Gasteiger partial charge in [-0.05, 0) is 37.1 Å². The molecule has 0 aliphatic rings. The Balaban J connectivity index is 1.88. The van der Waals surface area contributed by atoms with Crippen LogP contribution in [0.1, 0.15) is 33.1 Å². The van der Waals surface area contributed by atoms with Gasteiger partial charge in [-0.15, -0.1) is 0 Å². The molecule has 5 nitrogen and oxygen atoms in total. The molecule has 0 aliphatic carbocycles. The van der Waals surface area contributed by atoms with Crippen LogP contribution >= 0.6 is 0 Å². The Morgan fingerprint density at radius 1 is 1.04 bits per heavy atom. The smallest absolute Gasteiger partial charge is 0.269 e. The van der Waals surface area contributed by atoms with Crippen LogP contribution in [0.4, 0.5) is 0 Å². The van der Waals surface area contributed by atoms with E-state index in [0.717, 1.165) is 33.4 Å². The summed E-state index contributed by atoms with van der Waals surface area (Å²) >= 11 is 0. The SMILES string of the molecule is Cc1c(Cc2nc3ccccc3nc2C(N)=O)oc2c(C)cccc12. The lowest BCUT2D eigenvalue weighted by Gasteiger charge is -2.06. The van der Waals surface area contributed by atoms with E-state index in [0.29, 0.717) is 17.6 Å². The molecule has 4 aromatic rings. The van der Waals surface area contributed by atoms with Gasteiger partial charge in [-0.1, -0.05) is 30.3 Å². The highest BCUT2D eigenvalue weighted by Gasteiger charge is 2.18. The summed E-state index contributed by atoms with van der Waals surface area (Å²) in [4.78, 5) is 20.9. The van der Waals surface area contributed by atoms with Crippen LogP contribution in [0.5, 0.6) is 0 Å². The van der Waals surface area contributed by atoms with Gasteiger partial charge in [0.05, 0.1) is 23.1 Å². The van der Waals surface area contributed by atoms with Gasteiger partial charge in [0.2, 0.25) is 0 Å². The van der Waals surface area contributed by atoms with Gasteiger partial charge in [0, 0.05) is 5.39 Å². The molecule has 4 rings (SSSR count). The van der Waals surface area contributed by atoms with Gasteiger partial charge >= 0.3 is 0 Å². The Hall–Kier alpha value is -3.21. The fourth-order valence-corrected chi connectivity index (χ4v) is 3.11. The molecule has 0 saturated heterocycles. The number of furan rings is 1. The number of rotatable bonds is 3. The van der Waals surface area contributed by atoms with Crippen molar-refractivity contribution in [3.63, 3.8) is 0 Å². The molecule has 124 valence electrons. The van der Waals surface area contributed by atoms with Crippen molar-refractivity contribution in [1.82, 2.24) is 9.97 Å². The molecule has 25 heavy (non-hydrogen) atoms. The van der Waals surface area contributed by atoms with Gasteiger partial charge in [-0.25, -0.2) is 9.97 Å². The van der Waals surface area contributed by atoms with Gasteiger partial charge in [0.15, 0.2) is 5.69 Å². The highest BCUT2D eigenvalue weighted by Crippen LogP contribution is 2.29. The van der Waals surface area contributed by atoms with Crippen LogP contribution in [0, 0.1) is 13.8 Å². The number of fused-ring (bicyclic) bond motifs is 2. The van der Waals surface area contributed by atoms with Crippen LogP contribution in [0.25, 0.3) is 22.0 Å². The molecule has 0 bridgehead atoms. The van der Waals surface area contributed by atoms with Crippen LogP contribution in [-0.2, 0) is 6.42 Å². The first-order valence-corrected chi connectivity index (χ1v) is 8.07. The monoisotopic (exact) mass is 331 g/mol. The third-order valence-electron chi connectivity index (χ3n) is 4.46. The number of carbonyl (C=O) groups is 1. The Morgan fingerprint density at radius 2 is 1.76 bits per heavy atom. The molecule has 0 aliphatic heterocycles. The first kappa shape index (κ1) is 15.3. The van der Waals surface area contributed by atoms with Crippen LogP contribution < -0.4 is 5.73 Å². The van der Waals surface area contributed by atoms with Crippen molar-refractivity contribution in [2.45, 2.75) is 20.3 Å². The Kier molecular flexibility index (Phi) is 3.50. The molecule has 2 N–H and O–H groups in total. The van der Waals surface area contributed by atoms with Crippen LogP contribution in [0.3, 0.4) is 0 Å². The fourth-order valence-electron chi connectivity index (χ4n) is 3.11. The second kappa shape index (κ2) is 5.70. The fraction of sp³-hybridized carbons (Fsp3) is 0.150. The summed E-state index contributed by atoms with van der Waals surface area (Å²) in [5.41, 5.74) is 10.6. The third kappa shape index (κ3) is 2.54. The number of nitrogens with two attached hydrogens (primary N) is 1. The number of hydrogen-bond donors (Lipinski definition) is 1. The number of hydrogen-bond acceptors (Lipinski definition) is 4. The molecular formula is C20H17N3O2. The van der Waals surface area contributed by atoms with Crippen molar-refractivity contribution in [2.24, 2.45) is 5.73 Å². The van der Waals surface area contributed by atoms with E-state index in [1.165, 1.54) is 0 Å². The largest absolute Gasteiger partial charge is 0.460 e. The molecule has 0 atom stereocenters. The van der Waals surface area contributed by atoms with Gasteiger partial charge in [-0.2, -0.15) is 0 Å². The molecule has 0 fully saturated rings. The van der Waals surface area contributed by atoms with E-state index in [1.807, 2.05) is 56.3 Å². The molecule has 0 radical (unpaired) electrons. The van der Waals surface area contributed by atoms with E-state index in [1.54, 1.807) is 0 Å². The van der Waals surface area contributed by atoms with Gasteiger partial charge < -0.3 is 10.2 Å². The number of benzene rings is 2. The number of nitrogens with zero attached hydrogens (tertiary/aromatic N) is 2. The second-order valence-electron chi connectivity index (χ2n) is 6.15. The van der Waals surface area contributed by atoms with Gasteiger partial charge in [0.25, 0.3) is 5.91 Å². The molecular weight excluding hydrogens is 314 g/mol. The maximum atomic E-state index is 11.9. The first-order chi connectivity index (χ1) is 12.0. The predicted octanol–water partition coefficient (Wildman–Crippen LogP) is 3.68. The van der Waals surface area contributed by atoms with Crippen LogP contribution in [0.15, 0.2) is 46.9 Å². The zero-order chi connectivity index (χ0) is 17.6. The molecule has 2 aromatic carbocycles. The predicted molar refractivity (Wildman–Crippen MR) is 96.5 cm³/mol. The van der Waals surface area contributed by atoms with Crippen molar-refractivity contribution >= 4 is 27.9 Å². The lowest BCUT2D eigenvalue weighted by molar-refractivity contribution is 0.0994. The summed E-state index contributed by atoms with van der Waals surface area (Å²) in [6, 6.07) is 13.5. The van der Waals surface area contributed by atoms with E-state index in [-0.39, 0.29) is 5.69 Å². The number of aryl methyl sites for hydroxylation is 2. The summed E-state index contributed by atoms with van der Waals surface area (Å²) in [6.45, 7) is 4.03. The Morgan fingerprint density at radius 3 is 2.44 bits per heavy atom. The highest BCUT2D eigenvalue weighted by molar-refractivity contribution is 5.94. The maximum absolute atomic E-state index is 11.9. The topological polar surface area (TPSA) is 82.0 Å². The number of carbonyl (C=O) groups excluding carboxylic acids is 1. The summed E-state index contributed by atoms with van der Waals surface area (Å²) in [6.07, 6.45) is 0.371. The number of para-hydroxylation sites is 3. The minimum Gasteiger partial charge on any atom is -0.460 e. The number of primary amides is 1. The quantitative estimate of drug-likeness (QED) is 0.621. The average Bonchev–Trinajstić information content (AvgIpc) is 2.92. The van der Waals surface area contributed by atoms with Crippen LogP contribution in [-0.4, -0.2) is 15.9 Å². The van der Waals surface area contributed by atoms with Crippen molar-refractivity contribution < 1.29 is 9.21 Å². The summed E-state index contributed by atoms with van der Waals surface area (Å²) in [5.74, 6) is 0.189. The number of aromatic nitrogens is 2. The van der Waals surface area contributed by atoms with Crippen molar-refractivity contribution in [3.8, 4) is 0 Å². The highest BCUT2D eigenvalue weighted by atomic mass is 16.3. The minimum atomic E-state index is -0.585. The van der Waals surface area contributed by atoms with Gasteiger partial charge in [0.1, 0.15) is 11.3 Å². The lowest BCUT2D eigenvalue weighted by Crippen LogP contribution is -2.17. The second-order valence-corrected chi connectivity index (χ2v) is 6.15. The zero-order valence-corrected chi connectivity index (χ0v) is 14.0.